The topological polar surface area (TPSA) is 0 Å². The van der Waals surface area contributed by atoms with Gasteiger partial charge in [-0.05, 0) is 59.8 Å². The van der Waals surface area contributed by atoms with Crippen LogP contribution in [0.4, 0.5) is 0 Å². The Labute approximate surface area is 238 Å². The normalized spacial score (nSPS) is 12.9. The molecular weight excluding hydrogens is 617 g/mol. The number of hydrogen-bond acceptors (Lipinski definition) is 4. The quantitative estimate of drug-likeness (QED) is 0.175. The summed E-state index contributed by atoms with van der Waals surface area (Å²) in [6.45, 7) is 22.1. The summed E-state index contributed by atoms with van der Waals surface area (Å²) in [5.74, 6) is 0. The standard InChI is InChI=1S/C27H35BrS4Si3/c1-33(2,3)23-15-11-19(30-23)26(18-10-14-22(28)29-18)27(20-12-16-24(31-20)34(4,5)6)21-13-17-25(32-21)35(7,8)9/h10-17H,1-9H3. The fourth-order valence-electron chi connectivity index (χ4n) is 3.81. The Balaban J connectivity index is 2.06. The molecule has 0 spiro atoms. The van der Waals surface area contributed by atoms with Crippen molar-refractivity contribution in [3.63, 3.8) is 0 Å². The molecule has 186 valence electrons. The van der Waals surface area contributed by atoms with Gasteiger partial charge in [0.2, 0.25) is 0 Å². The van der Waals surface area contributed by atoms with Gasteiger partial charge < -0.3 is 0 Å². The Kier molecular flexibility index (Phi) is 7.99. The molecule has 0 radical (unpaired) electrons. The van der Waals surface area contributed by atoms with E-state index < -0.39 is 24.2 Å². The molecule has 0 amide bonds. The second kappa shape index (κ2) is 10.1. The molecule has 0 nitrogen and oxygen atoms in total. The number of hydrogen-bond donors (Lipinski definition) is 0. The molecule has 0 N–H and O–H groups in total. The SMILES string of the molecule is C[Si](C)(C)c1ccc(C(=C(c2ccc([Si](C)(C)C)s2)c2ccc([Si](C)(C)C)s2)c2ccc(Br)s2)s1. The van der Waals surface area contributed by atoms with Gasteiger partial charge in [-0.25, -0.2) is 0 Å². The van der Waals surface area contributed by atoms with Crippen molar-refractivity contribution >= 4 is 110 Å². The summed E-state index contributed by atoms with van der Waals surface area (Å²) in [4.78, 5) is 5.57. The summed E-state index contributed by atoms with van der Waals surface area (Å²) < 4.78 is 5.91. The van der Waals surface area contributed by atoms with Gasteiger partial charge in [0.1, 0.15) is 0 Å². The first kappa shape index (κ1) is 27.7. The molecule has 4 aromatic rings. The van der Waals surface area contributed by atoms with Crippen LogP contribution >= 0.6 is 61.3 Å². The molecular formula is C27H35BrS4Si3. The van der Waals surface area contributed by atoms with E-state index in [1.165, 1.54) is 34.4 Å². The van der Waals surface area contributed by atoms with Crippen LogP contribution in [0.2, 0.25) is 58.9 Å². The maximum Gasteiger partial charge on any atom is 0.0904 e. The summed E-state index contributed by atoms with van der Waals surface area (Å²) in [6, 6.07) is 18.9. The first-order chi connectivity index (χ1) is 16.1. The van der Waals surface area contributed by atoms with Gasteiger partial charge in [0.15, 0.2) is 0 Å². The van der Waals surface area contributed by atoms with E-state index in [0.717, 1.165) is 0 Å². The zero-order valence-corrected chi connectivity index (χ0v) is 30.0. The molecule has 4 rings (SSSR count). The molecule has 0 aromatic carbocycles. The Bertz CT molecular complexity index is 1310. The van der Waals surface area contributed by atoms with Crippen molar-refractivity contribution in [2.24, 2.45) is 0 Å². The average molecular weight is 652 g/mol. The van der Waals surface area contributed by atoms with Crippen LogP contribution in [0.3, 0.4) is 0 Å². The van der Waals surface area contributed by atoms with E-state index in [0.29, 0.717) is 0 Å². The molecule has 0 unspecified atom stereocenters. The molecule has 8 heteroatoms. The summed E-state index contributed by atoms with van der Waals surface area (Å²) in [6.07, 6.45) is 0. The van der Waals surface area contributed by atoms with E-state index >= 15 is 0 Å². The Hall–Kier alpha value is -0.329. The first-order valence-corrected chi connectivity index (χ1v) is 26.5. The highest BCUT2D eigenvalue weighted by Gasteiger charge is 2.27. The van der Waals surface area contributed by atoms with E-state index in [1.54, 1.807) is 13.5 Å². The van der Waals surface area contributed by atoms with Crippen LogP contribution in [0.25, 0.3) is 11.1 Å². The Morgan fingerprint density at radius 3 is 0.971 bits per heavy atom. The van der Waals surface area contributed by atoms with Crippen LogP contribution < -0.4 is 13.5 Å². The molecule has 4 aromatic heterocycles. The molecule has 0 saturated carbocycles. The Morgan fingerprint density at radius 2 is 0.743 bits per heavy atom. The minimum atomic E-state index is -1.38. The highest BCUT2D eigenvalue weighted by atomic mass is 79.9. The fraction of sp³-hybridized carbons (Fsp3) is 0.333. The van der Waals surface area contributed by atoms with E-state index in [1.807, 2.05) is 45.3 Å². The lowest BCUT2D eigenvalue weighted by molar-refractivity contribution is 1.73. The van der Waals surface area contributed by atoms with Crippen molar-refractivity contribution < 1.29 is 0 Å². The van der Waals surface area contributed by atoms with Crippen LogP contribution in [-0.2, 0) is 0 Å². The highest BCUT2D eigenvalue weighted by Crippen LogP contribution is 2.44. The number of rotatable bonds is 7. The molecule has 0 aliphatic carbocycles. The van der Waals surface area contributed by atoms with Crippen LogP contribution in [-0.4, -0.2) is 24.2 Å². The molecule has 0 atom stereocenters. The van der Waals surface area contributed by atoms with E-state index in [2.05, 4.69) is 123 Å². The zero-order valence-electron chi connectivity index (χ0n) is 22.1. The van der Waals surface area contributed by atoms with E-state index in [4.69, 9.17) is 0 Å². The van der Waals surface area contributed by atoms with Crippen LogP contribution in [0.1, 0.15) is 19.5 Å². The summed E-state index contributed by atoms with van der Waals surface area (Å²) in [5.41, 5.74) is 2.83. The van der Waals surface area contributed by atoms with Gasteiger partial charge in [0, 0.05) is 30.7 Å². The maximum absolute atomic E-state index is 3.75. The van der Waals surface area contributed by atoms with Crippen molar-refractivity contribution in [1.29, 1.82) is 0 Å². The molecule has 0 aliphatic heterocycles. The summed E-state index contributed by atoms with van der Waals surface area (Å²) in [7, 11) is -4.15. The minimum absolute atomic E-state index is 1.19. The van der Waals surface area contributed by atoms with Gasteiger partial charge in [0.05, 0.1) is 28.0 Å². The largest absolute Gasteiger partial charge is 0.145 e. The lowest BCUT2D eigenvalue weighted by atomic mass is 10.0. The van der Waals surface area contributed by atoms with Gasteiger partial charge in [-0.2, -0.15) is 0 Å². The lowest BCUT2D eigenvalue weighted by Gasteiger charge is -2.16. The first-order valence-electron chi connectivity index (χ1n) is 12.0. The predicted octanol–water partition coefficient (Wildman–Crippen LogP) is 9.34. The predicted molar refractivity (Wildman–Crippen MR) is 179 cm³/mol. The number of thiophene rings is 4. The molecule has 35 heavy (non-hydrogen) atoms. The van der Waals surface area contributed by atoms with Gasteiger partial charge >= 0.3 is 0 Å². The van der Waals surface area contributed by atoms with E-state index in [9.17, 15) is 0 Å². The van der Waals surface area contributed by atoms with E-state index in [-0.39, 0.29) is 0 Å². The van der Waals surface area contributed by atoms with Crippen molar-refractivity contribution in [1.82, 2.24) is 0 Å². The summed E-state index contributed by atoms with van der Waals surface area (Å²) >= 11 is 11.7. The second-order valence-corrected chi connectivity index (χ2v) is 34.0. The van der Waals surface area contributed by atoms with Crippen molar-refractivity contribution in [3.05, 3.63) is 71.8 Å². The molecule has 0 aliphatic rings. The molecule has 0 saturated heterocycles. The third-order valence-electron chi connectivity index (χ3n) is 5.84. The van der Waals surface area contributed by atoms with Crippen molar-refractivity contribution in [2.75, 3.05) is 0 Å². The van der Waals surface area contributed by atoms with Gasteiger partial charge in [-0.15, -0.1) is 45.3 Å². The van der Waals surface area contributed by atoms with Crippen molar-refractivity contribution in [3.8, 4) is 0 Å². The molecule has 0 bridgehead atoms. The third-order valence-corrected chi connectivity index (χ3v) is 21.6. The van der Waals surface area contributed by atoms with Crippen LogP contribution in [0, 0.1) is 0 Å². The third kappa shape index (κ3) is 6.22. The van der Waals surface area contributed by atoms with Gasteiger partial charge in [0.25, 0.3) is 0 Å². The summed E-state index contributed by atoms with van der Waals surface area (Å²) in [5, 5.41) is 0. The Morgan fingerprint density at radius 1 is 0.457 bits per heavy atom. The fourth-order valence-corrected chi connectivity index (χ4v) is 14.3. The maximum atomic E-state index is 3.75. The van der Waals surface area contributed by atoms with Gasteiger partial charge in [-0.1, -0.05) is 77.1 Å². The lowest BCUT2D eigenvalue weighted by Crippen LogP contribution is -2.34. The molecule has 0 fully saturated rings. The van der Waals surface area contributed by atoms with Crippen molar-refractivity contribution in [2.45, 2.75) is 58.9 Å². The smallest absolute Gasteiger partial charge is 0.0904 e. The zero-order chi connectivity index (χ0) is 25.8. The second-order valence-electron chi connectivity index (χ2n) is 12.1. The number of halogens is 1. The van der Waals surface area contributed by atoms with Crippen LogP contribution in [0.5, 0.6) is 0 Å². The minimum Gasteiger partial charge on any atom is -0.145 e. The van der Waals surface area contributed by atoms with Crippen LogP contribution in [0.15, 0.2) is 52.3 Å². The average Bonchev–Trinajstić information content (AvgIpc) is 3.49. The van der Waals surface area contributed by atoms with Gasteiger partial charge in [-0.3, -0.25) is 0 Å². The highest BCUT2D eigenvalue weighted by molar-refractivity contribution is 9.11. The molecule has 4 heterocycles. The monoisotopic (exact) mass is 650 g/mol.